The topological polar surface area (TPSA) is 67.8 Å². The Kier molecular flexibility index (Phi) is 5.22. The van der Waals surface area contributed by atoms with Crippen molar-refractivity contribution in [1.82, 2.24) is 15.2 Å². The van der Waals surface area contributed by atoms with E-state index in [-0.39, 0.29) is 5.91 Å². The molecule has 122 valence electrons. The third-order valence-corrected chi connectivity index (χ3v) is 5.25. The molecule has 0 bridgehead atoms. The normalized spacial score (nSPS) is 10.6. The first-order valence-corrected chi connectivity index (χ1v) is 9.12. The lowest BCUT2D eigenvalue weighted by atomic mass is 10.2. The Morgan fingerprint density at radius 3 is 2.71 bits per heavy atom. The smallest absolute Gasteiger partial charge is 0.260 e. The van der Waals surface area contributed by atoms with Crippen molar-refractivity contribution in [2.75, 3.05) is 5.32 Å². The molecule has 0 atom stereocenters. The van der Waals surface area contributed by atoms with E-state index in [1.807, 2.05) is 38.1 Å². The van der Waals surface area contributed by atoms with Gasteiger partial charge >= 0.3 is 0 Å². The SMILES string of the molecule is CCc1nnc(NC(=O)c2cccnc2Sc2ccc(C)cc2)s1. The molecule has 0 saturated carbocycles. The highest BCUT2D eigenvalue weighted by atomic mass is 32.2. The number of carbonyl (C=O) groups excluding carboxylic acids is 1. The Balaban J connectivity index is 1.80. The molecule has 0 unspecified atom stereocenters. The van der Waals surface area contributed by atoms with E-state index in [9.17, 15) is 4.79 Å². The molecular formula is C17H16N4OS2. The molecule has 1 aromatic carbocycles. The summed E-state index contributed by atoms with van der Waals surface area (Å²) < 4.78 is 0. The van der Waals surface area contributed by atoms with Crippen molar-refractivity contribution in [2.24, 2.45) is 0 Å². The van der Waals surface area contributed by atoms with Crippen LogP contribution >= 0.6 is 23.1 Å². The first-order chi connectivity index (χ1) is 11.7. The summed E-state index contributed by atoms with van der Waals surface area (Å²) in [5.74, 6) is -0.225. The Bertz CT molecular complexity index is 846. The molecule has 24 heavy (non-hydrogen) atoms. The highest BCUT2D eigenvalue weighted by Gasteiger charge is 2.15. The monoisotopic (exact) mass is 356 g/mol. The highest BCUT2D eigenvalue weighted by molar-refractivity contribution is 7.99. The van der Waals surface area contributed by atoms with Gasteiger partial charge in [-0.05, 0) is 37.6 Å². The molecule has 1 N–H and O–H groups in total. The van der Waals surface area contributed by atoms with Crippen LogP contribution < -0.4 is 5.32 Å². The molecule has 5 nitrogen and oxygen atoms in total. The Morgan fingerprint density at radius 2 is 2.00 bits per heavy atom. The average Bonchev–Trinajstić information content (AvgIpc) is 3.05. The number of rotatable bonds is 5. The van der Waals surface area contributed by atoms with Crippen molar-refractivity contribution >= 4 is 34.1 Å². The van der Waals surface area contributed by atoms with Gasteiger partial charge in [-0.15, -0.1) is 10.2 Å². The Morgan fingerprint density at radius 1 is 1.21 bits per heavy atom. The molecule has 0 aliphatic heterocycles. The van der Waals surface area contributed by atoms with Crippen LogP contribution in [0.25, 0.3) is 0 Å². The fraction of sp³-hybridized carbons (Fsp3) is 0.176. The Hall–Kier alpha value is -2.25. The van der Waals surface area contributed by atoms with Gasteiger partial charge in [0.15, 0.2) is 0 Å². The number of hydrogen-bond acceptors (Lipinski definition) is 6. The van der Waals surface area contributed by atoms with Gasteiger partial charge in [0.1, 0.15) is 10.0 Å². The van der Waals surface area contributed by atoms with Crippen LogP contribution in [0, 0.1) is 6.92 Å². The van der Waals surface area contributed by atoms with Gasteiger partial charge in [-0.3, -0.25) is 10.1 Å². The minimum Gasteiger partial charge on any atom is -0.296 e. The van der Waals surface area contributed by atoms with E-state index in [2.05, 4.69) is 20.5 Å². The summed E-state index contributed by atoms with van der Waals surface area (Å²) >= 11 is 2.85. The lowest BCUT2D eigenvalue weighted by Gasteiger charge is -2.07. The summed E-state index contributed by atoms with van der Waals surface area (Å²) in [7, 11) is 0. The van der Waals surface area contributed by atoms with E-state index in [1.54, 1.807) is 18.3 Å². The maximum Gasteiger partial charge on any atom is 0.260 e. The second kappa shape index (κ2) is 7.55. The number of aromatic nitrogens is 3. The second-order valence-electron chi connectivity index (χ2n) is 5.08. The number of nitrogens with one attached hydrogen (secondary N) is 1. The summed E-state index contributed by atoms with van der Waals surface area (Å²) in [5.41, 5.74) is 1.72. The molecule has 2 heterocycles. The molecule has 0 spiro atoms. The van der Waals surface area contributed by atoms with E-state index in [0.717, 1.165) is 16.3 Å². The van der Waals surface area contributed by atoms with Crippen LogP contribution in [-0.4, -0.2) is 21.1 Å². The van der Waals surface area contributed by atoms with Crippen molar-refractivity contribution < 1.29 is 4.79 Å². The summed E-state index contributed by atoms with van der Waals surface area (Å²) in [6.07, 6.45) is 2.49. The van der Waals surface area contributed by atoms with Crippen LogP contribution in [0.15, 0.2) is 52.5 Å². The van der Waals surface area contributed by atoms with E-state index in [1.165, 1.54) is 28.7 Å². The maximum atomic E-state index is 12.6. The van der Waals surface area contributed by atoms with Gasteiger partial charge in [0.05, 0.1) is 5.56 Å². The molecule has 3 aromatic rings. The first-order valence-electron chi connectivity index (χ1n) is 7.49. The number of carbonyl (C=O) groups is 1. The fourth-order valence-electron chi connectivity index (χ4n) is 1.97. The van der Waals surface area contributed by atoms with Crippen LogP contribution in [0.3, 0.4) is 0 Å². The molecule has 7 heteroatoms. The number of amides is 1. The minimum atomic E-state index is -0.225. The predicted octanol–water partition coefficient (Wildman–Crippen LogP) is 4.21. The first kappa shape index (κ1) is 16.6. The number of anilines is 1. The lowest BCUT2D eigenvalue weighted by molar-refractivity contribution is 0.102. The van der Waals surface area contributed by atoms with Gasteiger partial charge in [-0.1, -0.05) is 47.7 Å². The lowest BCUT2D eigenvalue weighted by Crippen LogP contribution is -2.13. The van der Waals surface area contributed by atoms with Crippen molar-refractivity contribution in [1.29, 1.82) is 0 Å². The molecule has 0 radical (unpaired) electrons. The number of aryl methyl sites for hydroxylation is 2. The van der Waals surface area contributed by atoms with Gasteiger partial charge < -0.3 is 0 Å². The summed E-state index contributed by atoms with van der Waals surface area (Å²) in [6.45, 7) is 4.05. The third kappa shape index (κ3) is 3.98. The van der Waals surface area contributed by atoms with Crippen LogP contribution in [-0.2, 0) is 6.42 Å². The van der Waals surface area contributed by atoms with Gasteiger partial charge in [-0.2, -0.15) is 0 Å². The zero-order valence-corrected chi connectivity index (χ0v) is 14.9. The number of nitrogens with zero attached hydrogens (tertiary/aromatic N) is 3. The maximum absolute atomic E-state index is 12.6. The van der Waals surface area contributed by atoms with Gasteiger partial charge in [0.2, 0.25) is 5.13 Å². The average molecular weight is 356 g/mol. The van der Waals surface area contributed by atoms with Crippen molar-refractivity contribution in [3.05, 3.63) is 58.7 Å². The molecule has 0 aliphatic rings. The van der Waals surface area contributed by atoms with Crippen LogP contribution in [0.4, 0.5) is 5.13 Å². The van der Waals surface area contributed by atoms with Crippen molar-refractivity contribution in [3.63, 3.8) is 0 Å². The Labute approximate surface area is 148 Å². The quantitative estimate of drug-likeness (QED) is 0.742. The molecule has 3 rings (SSSR count). The highest BCUT2D eigenvalue weighted by Crippen LogP contribution is 2.29. The van der Waals surface area contributed by atoms with E-state index in [0.29, 0.717) is 15.7 Å². The minimum absolute atomic E-state index is 0.225. The second-order valence-corrected chi connectivity index (χ2v) is 7.20. The molecule has 2 aromatic heterocycles. The van der Waals surface area contributed by atoms with Gasteiger partial charge in [-0.25, -0.2) is 4.98 Å². The fourth-order valence-corrected chi connectivity index (χ4v) is 3.53. The van der Waals surface area contributed by atoms with Gasteiger partial charge in [0.25, 0.3) is 5.91 Å². The molecule has 1 amide bonds. The van der Waals surface area contributed by atoms with E-state index < -0.39 is 0 Å². The summed E-state index contributed by atoms with van der Waals surface area (Å²) in [4.78, 5) is 17.9. The zero-order chi connectivity index (χ0) is 16.9. The summed E-state index contributed by atoms with van der Waals surface area (Å²) in [6, 6.07) is 11.6. The van der Waals surface area contributed by atoms with E-state index in [4.69, 9.17) is 0 Å². The number of benzene rings is 1. The van der Waals surface area contributed by atoms with Crippen LogP contribution in [0.1, 0.15) is 27.9 Å². The van der Waals surface area contributed by atoms with E-state index >= 15 is 0 Å². The zero-order valence-electron chi connectivity index (χ0n) is 13.3. The molecule has 0 aliphatic carbocycles. The van der Waals surface area contributed by atoms with Crippen LogP contribution in [0.2, 0.25) is 0 Å². The van der Waals surface area contributed by atoms with Crippen molar-refractivity contribution in [3.8, 4) is 0 Å². The number of pyridine rings is 1. The van der Waals surface area contributed by atoms with Crippen molar-refractivity contribution in [2.45, 2.75) is 30.2 Å². The van der Waals surface area contributed by atoms with Gasteiger partial charge in [0, 0.05) is 11.1 Å². The summed E-state index contributed by atoms with van der Waals surface area (Å²) in [5, 5.41) is 12.9. The number of hydrogen-bond donors (Lipinski definition) is 1. The molecule has 0 saturated heterocycles. The third-order valence-electron chi connectivity index (χ3n) is 3.24. The predicted molar refractivity (Wildman–Crippen MR) is 96.8 cm³/mol. The molecular weight excluding hydrogens is 340 g/mol. The molecule has 0 fully saturated rings. The largest absolute Gasteiger partial charge is 0.296 e. The standard InChI is InChI=1S/C17H16N4OS2/c1-3-14-20-21-17(24-14)19-15(22)13-5-4-10-18-16(13)23-12-8-6-11(2)7-9-12/h4-10H,3H2,1-2H3,(H,19,21,22). The van der Waals surface area contributed by atoms with Crippen LogP contribution in [0.5, 0.6) is 0 Å².